The Morgan fingerprint density at radius 3 is 2.35 bits per heavy atom. The number of aromatic nitrogens is 2. The number of fused-ring (bicyclic) bond motifs is 1. The first kappa shape index (κ1) is 17.2. The van der Waals surface area contributed by atoms with Crippen LogP contribution in [-0.2, 0) is 6.54 Å². The van der Waals surface area contributed by atoms with E-state index in [1.165, 1.54) is 57.0 Å². The number of nitrogens with zero attached hydrogens (tertiary/aromatic N) is 2. The van der Waals surface area contributed by atoms with Crippen LogP contribution in [0.4, 0.5) is 0 Å². The van der Waals surface area contributed by atoms with Crippen LogP contribution in [0.2, 0.25) is 0 Å². The highest BCUT2D eigenvalue weighted by atomic mass is 79.9. The topological polar surface area (TPSA) is 8.29 Å². The standard InChI is InChI=1S/C17H27N2.BrH/c1-2-3-4-5-6-7-8-10-13-18-15-16-19-14-11-9-12-17(18)19;/h9,11-12,14-16H,2-8,10,13H2,1H3;1H/q+1;/p-1. The lowest BCUT2D eigenvalue weighted by molar-refractivity contribution is -0.671. The van der Waals surface area contributed by atoms with Crippen molar-refractivity contribution >= 4 is 5.65 Å². The van der Waals surface area contributed by atoms with E-state index in [0.717, 1.165) is 6.54 Å². The minimum atomic E-state index is 0. The van der Waals surface area contributed by atoms with Gasteiger partial charge < -0.3 is 17.0 Å². The lowest BCUT2D eigenvalue weighted by Crippen LogP contribution is -3.00. The molecule has 2 heterocycles. The summed E-state index contributed by atoms with van der Waals surface area (Å²) in [4.78, 5) is 0. The molecule has 3 heteroatoms. The first-order chi connectivity index (χ1) is 9.42. The molecule has 0 N–H and O–H groups in total. The summed E-state index contributed by atoms with van der Waals surface area (Å²) < 4.78 is 4.54. The molecule has 0 aliphatic carbocycles. The lowest BCUT2D eigenvalue weighted by atomic mass is 10.1. The highest BCUT2D eigenvalue weighted by Crippen LogP contribution is 2.08. The summed E-state index contributed by atoms with van der Waals surface area (Å²) in [5, 5.41) is 0. The van der Waals surface area contributed by atoms with Gasteiger partial charge in [0.05, 0.1) is 12.7 Å². The zero-order chi connectivity index (χ0) is 13.3. The fraction of sp³-hybridized carbons (Fsp3) is 0.588. The van der Waals surface area contributed by atoms with Crippen molar-refractivity contribution in [2.75, 3.05) is 0 Å². The quantitative estimate of drug-likeness (QED) is 0.482. The molecule has 20 heavy (non-hydrogen) atoms. The van der Waals surface area contributed by atoms with Gasteiger partial charge in [0, 0.05) is 6.07 Å². The first-order valence-corrected chi connectivity index (χ1v) is 7.87. The Bertz CT molecular complexity index is 479. The summed E-state index contributed by atoms with van der Waals surface area (Å²) in [6, 6.07) is 6.37. The van der Waals surface area contributed by atoms with Crippen LogP contribution in [0.3, 0.4) is 0 Å². The van der Waals surface area contributed by atoms with Crippen LogP contribution >= 0.6 is 0 Å². The van der Waals surface area contributed by atoms with Crippen molar-refractivity contribution in [2.24, 2.45) is 0 Å². The Kier molecular flexibility index (Phi) is 8.59. The molecule has 0 radical (unpaired) electrons. The smallest absolute Gasteiger partial charge is 0.286 e. The largest absolute Gasteiger partial charge is 1.00 e. The fourth-order valence-corrected chi connectivity index (χ4v) is 2.65. The third-order valence-corrected chi connectivity index (χ3v) is 3.82. The van der Waals surface area contributed by atoms with Crippen LogP contribution < -0.4 is 21.5 Å². The number of aryl methyl sites for hydroxylation is 1. The molecule has 0 bridgehead atoms. The van der Waals surface area contributed by atoms with Crippen molar-refractivity contribution in [2.45, 2.75) is 64.8 Å². The fourth-order valence-electron chi connectivity index (χ4n) is 2.65. The van der Waals surface area contributed by atoms with E-state index in [4.69, 9.17) is 0 Å². The van der Waals surface area contributed by atoms with Crippen molar-refractivity contribution in [3.63, 3.8) is 0 Å². The summed E-state index contributed by atoms with van der Waals surface area (Å²) in [6.45, 7) is 3.43. The molecule has 0 atom stereocenters. The van der Waals surface area contributed by atoms with Crippen molar-refractivity contribution in [1.82, 2.24) is 4.40 Å². The molecule has 0 amide bonds. The van der Waals surface area contributed by atoms with Gasteiger partial charge in [0.15, 0.2) is 0 Å². The Labute approximate surface area is 133 Å². The maximum Gasteiger partial charge on any atom is 0.286 e. The number of unbranched alkanes of at least 4 members (excludes halogenated alkanes) is 7. The van der Waals surface area contributed by atoms with Gasteiger partial charge in [-0.2, -0.15) is 0 Å². The van der Waals surface area contributed by atoms with Crippen LogP contribution in [0.25, 0.3) is 5.65 Å². The summed E-state index contributed by atoms with van der Waals surface area (Å²) in [6.07, 6.45) is 17.5. The molecule has 0 saturated heterocycles. The molecule has 0 aromatic carbocycles. The Balaban J connectivity index is 0.00000200. The molecule has 112 valence electrons. The van der Waals surface area contributed by atoms with Crippen molar-refractivity contribution in [3.05, 3.63) is 36.8 Å². The molecule has 0 saturated carbocycles. The van der Waals surface area contributed by atoms with Gasteiger partial charge >= 0.3 is 0 Å². The number of hydrogen-bond donors (Lipinski definition) is 0. The molecule has 2 rings (SSSR count). The van der Waals surface area contributed by atoms with Crippen molar-refractivity contribution in [1.29, 1.82) is 0 Å². The average molecular weight is 339 g/mol. The van der Waals surface area contributed by atoms with E-state index >= 15 is 0 Å². The number of pyridine rings is 1. The van der Waals surface area contributed by atoms with Crippen LogP contribution in [-0.4, -0.2) is 4.40 Å². The highest BCUT2D eigenvalue weighted by Gasteiger charge is 2.06. The van der Waals surface area contributed by atoms with Crippen molar-refractivity contribution < 1.29 is 21.5 Å². The molecule has 0 aliphatic heterocycles. The summed E-state index contributed by atoms with van der Waals surface area (Å²) in [5.41, 5.74) is 1.30. The molecular formula is C17H27BrN2. The second-order valence-electron chi connectivity index (χ2n) is 5.43. The predicted octanol–water partition coefficient (Wildman–Crippen LogP) is 1.37. The van der Waals surface area contributed by atoms with Gasteiger partial charge in [0.25, 0.3) is 5.65 Å². The minimum Gasteiger partial charge on any atom is -1.00 e. The summed E-state index contributed by atoms with van der Waals surface area (Å²) in [7, 11) is 0. The zero-order valence-corrected chi connectivity index (χ0v) is 14.2. The van der Waals surface area contributed by atoms with E-state index in [1.54, 1.807) is 0 Å². The lowest BCUT2D eigenvalue weighted by Gasteiger charge is -2.01. The Hall–Kier alpha value is -0.830. The van der Waals surface area contributed by atoms with E-state index in [2.05, 4.69) is 52.7 Å². The first-order valence-electron chi connectivity index (χ1n) is 7.87. The number of rotatable bonds is 9. The zero-order valence-electron chi connectivity index (χ0n) is 12.6. The van der Waals surface area contributed by atoms with E-state index in [-0.39, 0.29) is 17.0 Å². The van der Waals surface area contributed by atoms with Gasteiger partial charge in [0.2, 0.25) is 0 Å². The third kappa shape index (κ3) is 5.28. The van der Waals surface area contributed by atoms with Crippen LogP contribution in [0.5, 0.6) is 0 Å². The second-order valence-corrected chi connectivity index (χ2v) is 5.43. The van der Waals surface area contributed by atoms with Gasteiger partial charge in [-0.3, -0.25) is 0 Å². The Morgan fingerprint density at radius 2 is 1.60 bits per heavy atom. The van der Waals surface area contributed by atoms with E-state index in [0.29, 0.717) is 0 Å². The molecule has 2 aromatic heterocycles. The van der Waals surface area contributed by atoms with E-state index < -0.39 is 0 Å². The van der Waals surface area contributed by atoms with E-state index in [1.807, 2.05) is 0 Å². The van der Waals surface area contributed by atoms with Gasteiger partial charge in [0.1, 0.15) is 12.4 Å². The number of imidazole rings is 1. The molecular weight excluding hydrogens is 312 g/mol. The van der Waals surface area contributed by atoms with E-state index in [9.17, 15) is 0 Å². The summed E-state index contributed by atoms with van der Waals surface area (Å²) in [5.74, 6) is 0. The van der Waals surface area contributed by atoms with Gasteiger partial charge in [-0.25, -0.2) is 8.97 Å². The monoisotopic (exact) mass is 338 g/mol. The van der Waals surface area contributed by atoms with Gasteiger partial charge in [-0.05, 0) is 18.9 Å². The second kappa shape index (κ2) is 9.98. The third-order valence-electron chi connectivity index (χ3n) is 3.82. The van der Waals surface area contributed by atoms with Crippen LogP contribution in [0.1, 0.15) is 58.3 Å². The Morgan fingerprint density at radius 1 is 0.900 bits per heavy atom. The molecule has 0 fully saturated rings. The normalized spacial score (nSPS) is 10.7. The van der Waals surface area contributed by atoms with Gasteiger partial charge in [-0.15, -0.1) is 0 Å². The molecule has 2 nitrogen and oxygen atoms in total. The average Bonchev–Trinajstić information content (AvgIpc) is 2.85. The molecule has 0 unspecified atom stereocenters. The number of hydrogen-bond acceptors (Lipinski definition) is 0. The van der Waals surface area contributed by atoms with Crippen LogP contribution in [0.15, 0.2) is 36.8 Å². The number of halogens is 1. The maximum atomic E-state index is 2.36. The highest BCUT2D eigenvalue weighted by molar-refractivity contribution is 5.30. The van der Waals surface area contributed by atoms with Gasteiger partial charge in [-0.1, -0.05) is 51.5 Å². The predicted molar refractivity (Wildman–Crippen MR) is 80.2 cm³/mol. The summed E-state index contributed by atoms with van der Waals surface area (Å²) >= 11 is 0. The van der Waals surface area contributed by atoms with Crippen LogP contribution in [0, 0.1) is 0 Å². The SMILES string of the molecule is CCCCCCCCCC[n+]1ccn2ccccc21.[Br-]. The molecule has 2 aromatic rings. The molecule has 0 spiro atoms. The molecule has 0 aliphatic rings. The minimum absolute atomic E-state index is 0. The maximum absolute atomic E-state index is 2.36. The van der Waals surface area contributed by atoms with Crippen molar-refractivity contribution in [3.8, 4) is 0 Å².